The van der Waals surface area contributed by atoms with Gasteiger partial charge in [0.2, 0.25) is 5.91 Å². The van der Waals surface area contributed by atoms with Crippen molar-refractivity contribution >= 4 is 5.91 Å². The van der Waals surface area contributed by atoms with Crippen LogP contribution >= 0.6 is 0 Å². The maximum absolute atomic E-state index is 12.6. The number of benzene rings is 1. The summed E-state index contributed by atoms with van der Waals surface area (Å²) in [5.41, 5.74) is 10.3. The second kappa shape index (κ2) is 17.5. The van der Waals surface area contributed by atoms with Crippen molar-refractivity contribution in [1.29, 1.82) is 0 Å². The summed E-state index contributed by atoms with van der Waals surface area (Å²) in [5.74, 6) is 3.44. The van der Waals surface area contributed by atoms with Crippen LogP contribution in [0.5, 0.6) is 11.5 Å². The number of terminal acetylenes is 1. The summed E-state index contributed by atoms with van der Waals surface area (Å²) in [4.78, 5) is 15.6. The summed E-state index contributed by atoms with van der Waals surface area (Å²) in [7, 11) is 3.27. The third-order valence-electron chi connectivity index (χ3n) is 6.61. The number of aliphatic hydroxyl groups excluding tert-OH is 1. The predicted octanol–water partition coefficient (Wildman–Crippen LogP) is 4.77. The van der Waals surface area contributed by atoms with E-state index in [-0.39, 0.29) is 36.6 Å². The Labute approximate surface area is 221 Å². The van der Waals surface area contributed by atoms with Crippen LogP contribution in [0.25, 0.3) is 10.4 Å². The molecular weight excluding hydrogens is 472 g/mol. The molecule has 0 saturated carbocycles. The van der Waals surface area contributed by atoms with Crippen LogP contribution in [0, 0.1) is 36.0 Å². The molecule has 0 radical (unpaired) electrons. The molecule has 1 amide bonds. The summed E-state index contributed by atoms with van der Waals surface area (Å²) in [6.07, 6.45) is 6.44. The van der Waals surface area contributed by atoms with Gasteiger partial charge in [-0.15, -0.1) is 6.42 Å². The number of nitrogens with one attached hydrogen (secondary N) is 1. The normalized spacial score (nSPS) is 14.3. The topological polar surface area (TPSA) is 126 Å². The van der Waals surface area contributed by atoms with Gasteiger partial charge in [0.15, 0.2) is 11.5 Å². The molecule has 0 aromatic heterocycles. The first-order valence-electron chi connectivity index (χ1n) is 12.9. The van der Waals surface area contributed by atoms with Gasteiger partial charge in [0.25, 0.3) is 0 Å². The van der Waals surface area contributed by atoms with Gasteiger partial charge in [-0.25, -0.2) is 0 Å². The Morgan fingerprint density at radius 1 is 1.16 bits per heavy atom. The van der Waals surface area contributed by atoms with E-state index in [1.807, 2.05) is 32.0 Å². The molecule has 37 heavy (non-hydrogen) atoms. The van der Waals surface area contributed by atoms with E-state index in [4.69, 9.17) is 20.6 Å². The second-order valence-electron chi connectivity index (χ2n) is 9.97. The lowest BCUT2D eigenvalue weighted by atomic mass is 9.80. The van der Waals surface area contributed by atoms with E-state index in [1.54, 1.807) is 14.2 Å². The highest BCUT2D eigenvalue weighted by Gasteiger charge is 2.31. The van der Waals surface area contributed by atoms with Gasteiger partial charge in [-0.05, 0) is 60.2 Å². The van der Waals surface area contributed by atoms with E-state index in [1.165, 1.54) is 0 Å². The van der Waals surface area contributed by atoms with Crippen molar-refractivity contribution in [2.24, 2.45) is 28.8 Å². The average molecular weight is 517 g/mol. The number of ether oxygens (including phenoxy) is 3. The lowest BCUT2D eigenvalue weighted by Gasteiger charge is -2.29. The SMILES string of the molecule is C#CCNC(=O)C(CC(O)C(CC(Cc1ccc(OC)c(OCCCOC)c1)C(C)C)N=[N+]=[N-])C(C)C. The first-order chi connectivity index (χ1) is 17.7. The van der Waals surface area contributed by atoms with Gasteiger partial charge < -0.3 is 24.6 Å². The molecule has 1 rings (SSSR count). The Hall–Kier alpha value is -2.92. The van der Waals surface area contributed by atoms with Gasteiger partial charge in [0.1, 0.15) is 0 Å². The van der Waals surface area contributed by atoms with Gasteiger partial charge in [-0.1, -0.05) is 44.8 Å². The zero-order valence-corrected chi connectivity index (χ0v) is 23.1. The number of carbonyl (C=O) groups excluding carboxylic acids is 1. The van der Waals surface area contributed by atoms with Crippen molar-refractivity contribution < 1.29 is 24.1 Å². The number of carbonyl (C=O) groups is 1. The quantitative estimate of drug-likeness (QED) is 0.0956. The van der Waals surface area contributed by atoms with Crippen LogP contribution < -0.4 is 14.8 Å². The fourth-order valence-electron chi connectivity index (χ4n) is 4.27. The number of azide groups is 1. The van der Waals surface area contributed by atoms with Crippen LogP contribution in [0.4, 0.5) is 0 Å². The molecule has 0 heterocycles. The van der Waals surface area contributed by atoms with Crippen LogP contribution in [0.1, 0.15) is 52.5 Å². The number of hydrogen-bond donors (Lipinski definition) is 2. The molecule has 9 nitrogen and oxygen atoms in total. The minimum atomic E-state index is -0.961. The van der Waals surface area contributed by atoms with Gasteiger partial charge in [-0.2, -0.15) is 0 Å². The Morgan fingerprint density at radius 2 is 1.89 bits per heavy atom. The molecule has 0 saturated heterocycles. The molecule has 4 unspecified atom stereocenters. The van der Waals surface area contributed by atoms with Gasteiger partial charge in [-0.3, -0.25) is 4.79 Å². The molecule has 1 aromatic carbocycles. The van der Waals surface area contributed by atoms with Gasteiger partial charge in [0, 0.05) is 31.0 Å². The summed E-state index contributed by atoms with van der Waals surface area (Å²) >= 11 is 0. The molecule has 2 N–H and O–H groups in total. The molecule has 206 valence electrons. The van der Waals surface area contributed by atoms with E-state index in [2.05, 4.69) is 35.1 Å². The van der Waals surface area contributed by atoms with E-state index < -0.39 is 18.1 Å². The summed E-state index contributed by atoms with van der Waals surface area (Å²) in [6, 6.07) is 5.20. The highest BCUT2D eigenvalue weighted by atomic mass is 16.5. The average Bonchev–Trinajstić information content (AvgIpc) is 2.87. The van der Waals surface area contributed by atoms with Gasteiger partial charge in [0.05, 0.1) is 32.4 Å². The Kier molecular flexibility index (Phi) is 15.2. The zero-order valence-electron chi connectivity index (χ0n) is 23.1. The summed E-state index contributed by atoms with van der Waals surface area (Å²) in [6.45, 7) is 9.32. The number of hydrogen-bond acceptors (Lipinski definition) is 6. The molecule has 0 spiro atoms. The third-order valence-corrected chi connectivity index (χ3v) is 6.61. The number of nitrogens with zero attached hydrogens (tertiary/aromatic N) is 3. The highest BCUT2D eigenvalue weighted by Crippen LogP contribution is 2.32. The fourth-order valence-corrected chi connectivity index (χ4v) is 4.27. The summed E-state index contributed by atoms with van der Waals surface area (Å²) in [5, 5.41) is 17.7. The van der Waals surface area contributed by atoms with E-state index in [0.29, 0.717) is 37.6 Å². The highest BCUT2D eigenvalue weighted by molar-refractivity contribution is 5.79. The van der Waals surface area contributed by atoms with Crippen molar-refractivity contribution in [2.75, 3.05) is 34.0 Å². The number of amides is 1. The van der Waals surface area contributed by atoms with Crippen molar-refractivity contribution in [3.63, 3.8) is 0 Å². The van der Waals surface area contributed by atoms with Crippen LogP contribution in [-0.2, 0) is 16.0 Å². The molecule has 1 aromatic rings. The number of aliphatic hydroxyl groups is 1. The second-order valence-corrected chi connectivity index (χ2v) is 9.97. The van der Waals surface area contributed by atoms with Crippen molar-refractivity contribution in [2.45, 2.75) is 65.5 Å². The molecule has 0 bridgehead atoms. The monoisotopic (exact) mass is 516 g/mol. The van der Waals surface area contributed by atoms with Crippen molar-refractivity contribution in [1.82, 2.24) is 5.32 Å². The largest absolute Gasteiger partial charge is 0.493 e. The third kappa shape index (κ3) is 11.3. The smallest absolute Gasteiger partial charge is 0.224 e. The predicted molar refractivity (Wildman–Crippen MR) is 145 cm³/mol. The molecular formula is C28H44N4O5. The summed E-state index contributed by atoms with van der Waals surface area (Å²) < 4.78 is 16.5. The molecule has 4 atom stereocenters. The molecule has 9 heteroatoms. The Bertz CT molecular complexity index is 908. The van der Waals surface area contributed by atoms with Crippen LogP contribution in [-0.4, -0.2) is 57.1 Å². The Morgan fingerprint density at radius 3 is 2.46 bits per heavy atom. The van der Waals surface area contributed by atoms with Crippen molar-refractivity contribution in [3.8, 4) is 23.8 Å². The maximum Gasteiger partial charge on any atom is 0.224 e. The van der Waals surface area contributed by atoms with E-state index in [0.717, 1.165) is 12.0 Å². The van der Waals surface area contributed by atoms with E-state index in [9.17, 15) is 15.4 Å². The lowest BCUT2D eigenvalue weighted by molar-refractivity contribution is -0.127. The van der Waals surface area contributed by atoms with Crippen LogP contribution in [0.15, 0.2) is 23.3 Å². The first kappa shape index (κ1) is 32.1. The number of rotatable bonds is 18. The lowest BCUT2D eigenvalue weighted by Crippen LogP contribution is -2.39. The standard InChI is InChI=1S/C28H44N4O5/c1-8-12-30-28(34)23(20(4)5)18-25(33)24(31-32-29)17-22(19(2)3)15-21-10-11-26(36-7)27(16-21)37-14-9-13-35-6/h1,10-11,16,19-20,22-25,33H,9,12-15,17-18H2,2-7H3,(H,30,34). The fraction of sp³-hybridized carbons (Fsp3) is 0.679. The maximum atomic E-state index is 12.6. The molecule has 0 fully saturated rings. The van der Waals surface area contributed by atoms with Gasteiger partial charge >= 0.3 is 0 Å². The Balaban J connectivity index is 3.03. The minimum absolute atomic E-state index is 0.0124. The zero-order chi connectivity index (χ0) is 27.8. The first-order valence-corrected chi connectivity index (χ1v) is 12.9. The van der Waals surface area contributed by atoms with Crippen LogP contribution in [0.2, 0.25) is 0 Å². The molecule has 0 aliphatic rings. The van der Waals surface area contributed by atoms with Crippen LogP contribution in [0.3, 0.4) is 0 Å². The minimum Gasteiger partial charge on any atom is -0.493 e. The van der Waals surface area contributed by atoms with Crippen molar-refractivity contribution in [3.05, 3.63) is 34.2 Å². The molecule has 0 aliphatic heterocycles. The number of methoxy groups -OCH3 is 2. The molecule has 0 aliphatic carbocycles. The van der Waals surface area contributed by atoms with E-state index >= 15 is 0 Å².